The van der Waals surface area contributed by atoms with Crippen LogP contribution in [0, 0.1) is 6.92 Å². The van der Waals surface area contributed by atoms with E-state index in [0.29, 0.717) is 17.7 Å². The summed E-state index contributed by atoms with van der Waals surface area (Å²) in [5, 5.41) is 6.74. The highest BCUT2D eigenvalue weighted by atomic mass is 16.4. The molecule has 5 rings (SSSR count). The van der Waals surface area contributed by atoms with Crippen molar-refractivity contribution in [3.05, 3.63) is 53.0 Å². The molecule has 2 bridgehead atoms. The first-order valence-corrected chi connectivity index (χ1v) is 10.3. The Morgan fingerprint density at radius 2 is 1.97 bits per heavy atom. The number of nitrogens with one attached hydrogen (secondary N) is 2. The lowest BCUT2D eigenvalue weighted by Crippen LogP contribution is -2.64. The van der Waals surface area contributed by atoms with Gasteiger partial charge in [0.05, 0.1) is 11.6 Å². The van der Waals surface area contributed by atoms with Gasteiger partial charge in [0.25, 0.3) is 11.8 Å². The number of fused-ring (bicyclic) bond motifs is 4. The van der Waals surface area contributed by atoms with E-state index in [0.717, 1.165) is 29.9 Å². The van der Waals surface area contributed by atoms with Crippen LogP contribution in [-0.4, -0.2) is 34.5 Å². The Morgan fingerprint density at radius 3 is 2.69 bits per heavy atom. The summed E-state index contributed by atoms with van der Waals surface area (Å²) in [6, 6.07) is 9.50. The van der Waals surface area contributed by atoms with Gasteiger partial charge in [0.1, 0.15) is 11.4 Å². The average molecular weight is 393 g/mol. The third-order valence-electron chi connectivity index (χ3n) is 6.58. The van der Waals surface area contributed by atoms with Gasteiger partial charge in [0.15, 0.2) is 5.76 Å². The maximum atomic E-state index is 13.5. The fourth-order valence-electron chi connectivity index (χ4n) is 5.16. The van der Waals surface area contributed by atoms with Crippen LogP contribution in [0.1, 0.15) is 72.3 Å². The minimum Gasteiger partial charge on any atom is -0.455 e. The Balaban J connectivity index is 1.48. The Labute approximate surface area is 170 Å². The second kappa shape index (κ2) is 5.88. The number of nitrogens with zero attached hydrogens (tertiary/aromatic N) is 1. The summed E-state index contributed by atoms with van der Waals surface area (Å²) in [4.78, 5) is 28.2. The maximum Gasteiger partial charge on any atom is 0.290 e. The molecule has 3 atom stereocenters. The van der Waals surface area contributed by atoms with Gasteiger partial charge in [-0.3, -0.25) is 9.59 Å². The molecule has 6 nitrogen and oxygen atoms in total. The molecular formula is C23H27N3O3. The molecule has 4 heterocycles. The van der Waals surface area contributed by atoms with Gasteiger partial charge in [0, 0.05) is 29.1 Å². The van der Waals surface area contributed by atoms with E-state index in [1.54, 1.807) is 0 Å². The van der Waals surface area contributed by atoms with Crippen LogP contribution in [0.2, 0.25) is 0 Å². The summed E-state index contributed by atoms with van der Waals surface area (Å²) in [5.41, 5.74) is 1.58. The zero-order valence-corrected chi connectivity index (χ0v) is 17.3. The molecule has 3 aliphatic rings. The molecular weight excluding hydrogens is 366 g/mol. The molecule has 2 saturated heterocycles. The lowest BCUT2D eigenvalue weighted by molar-refractivity contribution is 0.0658. The van der Waals surface area contributed by atoms with Crippen molar-refractivity contribution in [1.29, 1.82) is 0 Å². The van der Waals surface area contributed by atoms with Crippen molar-refractivity contribution in [2.75, 3.05) is 5.32 Å². The van der Waals surface area contributed by atoms with Crippen LogP contribution in [0.25, 0.3) is 0 Å². The summed E-state index contributed by atoms with van der Waals surface area (Å²) in [7, 11) is 0. The third kappa shape index (κ3) is 2.61. The maximum absolute atomic E-state index is 13.5. The Morgan fingerprint density at radius 1 is 1.21 bits per heavy atom. The topological polar surface area (TPSA) is 74.6 Å². The van der Waals surface area contributed by atoms with E-state index in [2.05, 4.69) is 31.4 Å². The number of carbonyl (C=O) groups excluding carboxylic acids is 2. The molecule has 1 aromatic heterocycles. The second-order valence-electron chi connectivity index (χ2n) is 9.63. The molecule has 0 saturated carbocycles. The van der Waals surface area contributed by atoms with E-state index in [-0.39, 0.29) is 29.3 Å². The number of amides is 2. The van der Waals surface area contributed by atoms with Crippen molar-refractivity contribution in [3.63, 3.8) is 0 Å². The van der Waals surface area contributed by atoms with E-state index in [1.165, 1.54) is 0 Å². The fourth-order valence-corrected chi connectivity index (χ4v) is 5.16. The van der Waals surface area contributed by atoms with E-state index < -0.39 is 5.66 Å². The molecule has 2 fully saturated rings. The molecule has 2 amide bonds. The van der Waals surface area contributed by atoms with Crippen molar-refractivity contribution in [1.82, 2.24) is 10.2 Å². The summed E-state index contributed by atoms with van der Waals surface area (Å²) < 4.78 is 6.03. The zero-order valence-electron chi connectivity index (χ0n) is 17.3. The highest BCUT2D eigenvalue weighted by molar-refractivity contribution is 6.02. The average Bonchev–Trinajstić information content (AvgIpc) is 3.32. The first-order valence-electron chi connectivity index (χ1n) is 10.3. The number of hydrogen-bond donors (Lipinski definition) is 2. The molecule has 29 heavy (non-hydrogen) atoms. The first-order chi connectivity index (χ1) is 13.7. The van der Waals surface area contributed by atoms with Gasteiger partial charge in [0.2, 0.25) is 0 Å². The van der Waals surface area contributed by atoms with E-state index in [1.807, 2.05) is 42.2 Å². The van der Waals surface area contributed by atoms with Crippen LogP contribution in [0.4, 0.5) is 5.69 Å². The highest BCUT2D eigenvalue weighted by Gasteiger charge is 2.60. The summed E-state index contributed by atoms with van der Waals surface area (Å²) in [5.74, 6) is 1.09. The number of rotatable bonds is 1. The molecule has 2 aromatic rings. The van der Waals surface area contributed by atoms with E-state index in [9.17, 15) is 9.59 Å². The van der Waals surface area contributed by atoms with Crippen LogP contribution in [0.3, 0.4) is 0 Å². The van der Waals surface area contributed by atoms with Gasteiger partial charge >= 0.3 is 0 Å². The SMILES string of the molecule is Cc1cc(C(C)(C)C)oc1C(=O)N1[C@@H]2CC[C@@H]1[C@]1(C2)NC(=O)c2ccccc2N1. The van der Waals surface area contributed by atoms with Crippen molar-refractivity contribution in [2.45, 2.75) is 70.1 Å². The molecule has 1 spiro atoms. The lowest BCUT2D eigenvalue weighted by atomic mass is 9.86. The van der Waals surface area contributed by atoms with Crippen LogP contribution in [-0.2, 0) is 5.41 Å². The molecule has 1 aromatic carbocycles. The minimum atomic E-state index is -0.614. The number of carbonyl (C=O) groups is 2. The number of furan rings is 1. The Kier molecular flexibility index (Phi) is 3.70. The summed E-state index contributed by atoms with van der Waals surface area (Å²) >= 11 is 0. The van der Waals surface area contributed by atoms with Crippen LogP contribution < -0.4 is 10.6 Å². The number of anilines is 1. The van der Waals surface area contributed by atoms with E-state index >= 15 is 0 Å². The molecule has 0 aliphatic carbocycles. The van der Waals surface area contributed by atoms with Crippen molar-refractivity contribution >= 4 is 17.5 Å². The molecule has 2 N–H and O–H groups in total. The summed E-state index contributed by atoms with van der Waals surface area (Å²) in [6.45, 7) is 8.16. The predicted molar refractivity (Wildman–Crippen MR) is 110 cm³/mol. The predicted octanol–water partition coefficient (Wildman–Crippen LogP) is 3.81. The monoisotopic (exact) mass is 393 g/mol. The summed E-state index contributed by atoms with van der Waals surface area (Å²) in [6.07, 6.45) is 2.51. The van der Waals surface area contributed by atoms with Crippen molar-refractivity contribution in [3.8, 4) is 0 Å². The molecule has 6 heteroatoms. The first kappa shape index (κ1) is 18.3. The van der Waals surface area contributed by atoms with Gasteiger partial charge in [-0.05, 0) is 38.0 Å². The third-order valence-corrected chi connectivity index (χ3v) is 6.58. The van der Waals surface area contributed by atoms with Crippen LogP contribution in [0.15, 0.2) is 34.7 Å². The fraction of sp³-hybridized carbons (Fsp3) is 0.478. The smallest absolute Gasteiger partial charge is 0.290 e. The normalized spacial score (nSPS) is 27.7. The largest absolute Gasteiger partial charge is 0.455 e. The molecule has 0 radical (unpaired) electrons. The zero-order chi connectivity index (χ0) is 20.6. The van der Waals surface area contributed by atoms with Gasteiger partial charge in [-0.2, -0.15) is 0 Å². The van der Waals surface area contributed by atoms with Crippen LogP contribution in [0.5, 0.6) is 0 Å². The number of aryl methyl sites for hydroxylation is 1. The molecule has 3 aliphatic heterocycles. The van der Waals surface area contributed by atoms with Crippen molar-refractivity contribution in [2.24, 2.45) is 0 Å². The second-order valence-corrected chi connectivity index (χ2v) is 9.63. The van der Waals surface area contributed by atoms with Gasteiger partial charge in [-0.25, -0.2) is 0 Å². The Bertz CT molecular complexity index is 1020. The van der Waals surface area contributed by atoms with Crippen LogP contribution >= 0.6 is 0 Å². The standard InChI is InChI=1S/C23H27N3O3/c1-13-11-18(22(2,3)4)29-19(13)21(28)26-14-9-10-17(26)23(12-14)24-16-8-6-5-7-15(16)20(27)25-23/h5-8,11,14,17,24H,9-10,12H2,1-4H3,(H,25,27)/t14-,17-,23+/m1/s1. The van der Waals surface area contributed by atoms with Crippen molar-refractivity contribution < 1.29 is 14.0 Å². The minimum absolute atomic E-state index is 0.0720. The quantitative estimate of drug-likeness (QED) is 0.773. The number of benzene rings is 1. The van der Waals surface area contributed by atoms with E-state index in [4.69, 9.17) is 4.42 Å². The molecule has 152 valence electrons. The number of para-hydroxylation sites is 1. The lowest BCUT2D eigenvalue weighted by Gasteiger charge is -2.42. The molecule has 0 unspecified atom stereocenters. The number of hydrogen-bond acceptors (Lipinski definition) is 4. The van der Waals surface area contributed by atoms with Gasteiger partial charge in [-0.15, -0.1) is 0 Å². The van der Waals surface area contributed by atoms with Gasteiger partial charge < -0.3 is 20.0 Å². The Hall–Kier alpha value is -2.76. The highest BCUT2D eigenvalue weighted by Crippen LogP contribution is 2.47. The van der Waals surface area contributed by atoms with Gasteiger partial charge in [-0.1, -0.05) is 32.9 Å².